The Bertz CT molecular complexity index is 249. The first-order valence-corrected chi connectivity index (χ1v) is 6.39. The number of rotatable bonds is 10. The molecule has 1 unspecified atom stereocenters. The average Bonchev–Trinajstić information content (AvgIpc) is 3.14. The summed E-state index contributed by atoms with van der Waals surface area (Å²) in [7, 11) is 0. The zero-order valence-electron chi connectivity index (χ0n) is 10.7. The lowest BCUT2D eigenvalue weighted by molar-refractivity contribution is -0.117. The van der Waals surface area contributed by atoms with Gasteiger partial charge in [0.2, 0.25) is 5.91 Å². The number of nitrogens with one attached hydrogen (secondary N) is 1. The fourth-order valence-corrected chi connectivity index (χ4v) is 1.38. The molecular formula is C13H23NO3. The van der Waals surface area contributed by atoms with Gasteiger partial charge in [-0.1, -0.05) is 19.9 Å². The van der Waals surface area contributed by atoms with Gasteiger partial charge in [0, 0.05) is 18.7 Å². The average molecular weight is 241 g/mol. The largest absolute Gasteiger partial charge is 0.379 e. The summed E-state index contributed by atoms with van der Waals surface area (Å²) in [4.78, 5) is 11.5. The number of carbonyl (C=O) groups excluding carboxylic acids is 1. The summed E-state index contributed by atoms with van der Waals surface area (Å²) in [6.45, 7) is 8.70. The molecule has 4 heteroatoms. The summed E-state index contributed by atoms with van der Waals surface area (Å²) in [5.74, 6) is -0.0241. The Kier molecular flexibility index (Phi) is 6.89. The van der Waals surface area contributed by atoms with Gasteiger partial charge in [-0.25, -0.2) is 0 Å². The van der Waals surface area contributed by atoms with Crippen LogP contribution in [0.15, 0.2) is 12.2 Å². The van der Waals surface area contributed by atoms with Gasteiger partial charge < -0.3 is 14.8 Å². The summed E-state index contributed by atoms with van der Waals surface area (Å²) in [6, 6.07) is 0. The second-order valence-electron chi connectivity index (χ2n) is 4.35. The molecule has 17 heavy (non-hydrogen) atoms. The van der Waals surface area contributed by atoms with Crippen LogP contribution in [0.3, 0.4) is 0 Å². The van der Waals surface area contributed by atoms with Gasteiger partial charge in [-0.15, -0.1) is 0 Å². The highest BCUT2D eigenvalue weighted by molar-refractivity contribution is 5.92. The van der Waals surface area contributed by atoms with E-state index in [0.717, 1.165) is 32.3 Å². The van der Waals surface area contributed by atoms with E-state index >= 15 is 0 Å². The molecule has 0 aromatic heterocycles. The molecule has 0 aromatic rings. The lowest BCUT2D eigenvalue weighted by atomic mass is 10.1. The second kappa shape index (κ2) is 8.25. The third-order valence-corrected chi connectivity index (χ3v) is 2.61. The van der Waals surface area contributed by atoms with Crippen molar-refractivity contribution in [2.75, 3.05) is 26.4 Å². The van der Waals surface area contributed by atoms with Crippen LogP contribution in [0.1, 0.15) is 32.6 Å². The van der Waals surface area contributed by atoms with Crippen molar-refractivity contribution in [2.24, 2.45) is 0 Å². The van der Waals surface area contributed by atoms with E-state index in [-0.39, 0.29) is 5.91 Å². The Morgan fingerprint density at radius 1 is 1.53 bits per heavy atom. The SMILES string of the molecule is C=C(CCCC)C(=O)NCCCOCC1CO1. The van der Waals surface area contributed by atoms with Gasteiger partial charge in [0.25, 0.3) is 0 Å². The third kappa shape index (κ3) is 7.13. The molecule has 0 aromatic carbocycles. The van der Waals surface area contributed by atoms with Crippen LogP contribution in [0.25, 0.3) is 0 Å². The lowest BCUT2D eigenvalue weighted by Crippen LogP contribution is -2.26. The van der Waals surface area contributed by atoms with Crippen LogP contribution in [0.5, 0.6) is 0 Å². The highest BCUT2D eigenvalue weighted by Crippen LogP contribution is 2.08. The highest BCUT2D eigenvalue weighted by Gasteiger charge is 2.21. The Labute approximate surface area is 103 Å². The maximum absolute atomic E-state index is 11.5. The molecule has 0 spiro atoms. The van der Waals surface area contributed by atoms with Crippen LogP contribution < -0.4 is 5.32 Å². The number of amides is 1. The molecule has 0 radical (unpaired) electrons. The predicted molar refractivity (Wildman–Crippen MR) is 66.9 cm³/mol. The van der Waals surface area contributed by atoms with Crippen molar-refractivity contribution >= 4 is 5.91 Å². The van der Waals surface area contributed by atoms with Gasteiger partial charge in [-0.3, -0.25) is 4.79 Å². The molecule has 1 amide bonds. The summed E-state index contributed by atoms with van der Waals surface area (Å²) in [6.07, 6.45) is 4.05. The Morgan fingerprint density at radius 3 is 2.94 bits per heavy atom. The topological polar surface area (TPSA) is 50.9 Å². The Morgan fingerprint density at radius 2 is 2.29 bits per heavy atom. The number of carbonyl (C=O) groups is 1. The number of unbranched alkanes of at least 4 members (excludes halogenated alkanes) is 1. The number of epoxide rings is 1. The number of hydrogen-bond donors (Lipinski definition) is 1. The van der Waals surface area contributed by atoms with Crippen molar-refractivity contribution in [3.8, 4) is 0 Å². The molecular weight excluding hydrogens is 218 g/mol. The monoisotopic (exact) mass is 241 g/mol. The molecule has 0 saturated carbocycles. The van der Waals surface area contributed by atoms with E-state index < -0.39 is 0 Å². The summed E-state index contributed by atoms with van der Waals surface area (Å²) in [5.41, 5.74) is 0.680. The summed E-state index contributed by atoms with van der Waals surface area (Å²) < 4.78 is 10.4. The van der Waals surface area contributed by atoms with Crippen LogP contribution >= 0.6 is 0 Å². The first-order chi connectivity index (χ1) is 8.24. The van der Waals surface area contributed by atoms with Gasteiger partial charge >= 0.3 is 0 Å². The van der Waals surface area contributed by atoms with Crippen molar-refractivity contribution in [2.45, 2.75) is 38.7 Å². The van der Waals surface area contributed by atoms with E-state index in [1.807, 2.05) is 0 Å². The van der Waals surface area contributed by atoms with Crippen molar-refractivity contribution in [3.05, 3.63) is 12.2 Å². The first kappa shape index (κ1) is 14.2. The van der Waals surface area contributed by atoms with Gasteiger partial charge in [0.05, 0.1) is 13.2 Å². The van der Waals surface area contributed by atoms with Gasteiger partial charge in [-0.05, 0) is 19.3 Å². The standard InChI is InChI=1S/C13H23NO3/c1-3-4-6-11(2)13(15)14-7-5-8-16-9-12-10-17-12/h12H,2-10H2,1H3,(H,14,15). The fraction of sp³-hybridized carbons (Fsp3) is 0.769. The molecule has 1 heterocycles. The molecule has 1 fully saturated rings. The predicted octanol–water partition coefficient (Wildman–Crippen LogP) is 1.65. The molecule has 4 nitrogen and oxygen atoms in total. The minimum absolute atomic E-state index is 0.0241. The van der Waals surface area contributed by atoms with Crippen molar-refractivity contribution < 1.29 is 14.3 Å². The van der Waals surface area contributed by atoms with E-state index in [0.29, 0.717) is 31.4 Å². The van der Waals surface area contributed by atoms with Crippen LogP contribution in [0.4, 0.5) is 0 Å². The van der Waals surface area contributed by atoms with E-state index in [4.69, 9.17) is 9.47 Å². The molecule has 1 saturated heterocycles. The number of ether oxygens (including phenoxy) is 2. The Balaban J connectivity index is 1.89. The van der Waals surface area contributed by atoms with Crippen molar-refractivity contribution in [3.63, 3.8) is 0 Å². The Hall–Kier alpha value is -0.870. The fourth-order valence-electron chi connectivity index (χ4n) is 1.38. The quantitative estimate of drug-likeness (QED) is 0.359. The zero-order chi connectivity index (χ0) is 12.5. The summed E-state index contributed by atoms with van der Waals surface area (Å²) >= 11 is 0. The maximum atomic E-state index is 11.5. The molecule has 1 aliphatic heterocycles. The summed E-state index contributed by atoms with van der Waals surface area (Å²) in [5, 5.41) is 2.85. The first-order valence-electron chi connectivity index (χ1n) is 6.39. The van der Waals surface area contributed by atoms with Crippen LogP contribution in [0, 0.1) is 0 Å². The molecule has 0 bridgehead atoms. The molecule has 98 valence electrons. The highest BCUT2D eigenvalue weighted by atomic mass is 16.6. The molecule has 0 aliphatic carbocycles. The van der Waals surface area contributed by atoms with E-state index in [2.05, 4.69) is 18.8 Å². The van der Waals surface area contributed by atoms with Crippen LogP contribution in [-0.4, -0.2) is 38.4 Å². The normalized spacial score (nSPS) is 17.8. The minimum Gasteiger partial charge on any atom is -0.379 e. The van der Waals surface area contributed by atoms with Gasteiger partial charge in [-0.2, -0.15) is 0 Å². The van der Waals surface area contributed by atoms with Gasteiger partial charge in [0.15, 0.2) is 0 Å². The molecule has 1 aliphatic rings. The lowest BCUT2D eigenvalue weighted by Gasteiger charge is -2.07. The third-order valence-electron chi connectivity index (χ3n) is 2.61. The zero-order valence-corrected chi connectivity index (χ0v) is 10.7. The second-order valence-corrected chi connectivity index (χ2v) is 4.35. The molecule has 1 rings (SSSR count). The van der Waals surface area contributed by atoms with Gasteiger partial charge in [0.1, 0.15) is 6.10 Å². The minimum atomic E-state index is -0.0241. The van der Waals surface area contributed by atoms with E-state index in [1.165, 1.54) is 0 Å². The van der Waals surface area contributed by atoms with Crippen molar-refractivity contribution in [1.82, 2.24) is 5.32 Å². The van der Waals surface area contributed by atoms with Crippen molar-refractivity contribution in [1.29, 1.82) is 0 Å². The van der Waals surface area contributed by atoms with Crippen LogP contribution in [0.2, 0.25) is 0 Å². The van der Waals surface area contributed by atoms with E-state index in [1.54, 1.807) is 0 Å². The molecule has 1 N–H and O–H groups in total. The van der Waals surface area contributed by atoms with E-state index in [9.17, 15) is 4.79 Å². The maximum Gasteiger partial charge on any atom is 0.246 e. The van der Waals surface area contributed by atoms with Crippen LogP contribution in [-0.2, 0) is 14.3 Å². The smallest absolute Gasteiger partial charge is 0.246 e. The molecule has 1 atom stereocenters. The number of hydrogen-bond acceptors (Lipinski definition) is 3.